The zero-order chi connectivity index (χ0) is 14.2. The van der Waals surface area contributed by atoms with Crippen molar-refractivity contribution < 1.29 is 9.66 Å². The number of hydrogen-bond donors (Lipinski definition) is 0. The van der Waals surface area contributed by atoms with Crippen LogP contribution in [0.15, 0.2) is 24.3 Å². The summed E-state index contributed by atoms with van der Waals surface area (Å²) >= 11 is 0. The minimum atomic E-state index is -0.401. The van der Waals surface area contributed by atoms with E-state index < -0.39 is 4.92 Å². The molecular weight excluding hydrogens is 268 g/mol. The molecule has 0 radical (unpaired) electrons. The molecule has 0 unspecified atom stereocenters. The summed E-state index contributed by atoms with van der Waals surface area (Å²) in [7, 11) is 0. The molecule has 0 N–H and O–H groups in total. The van der Waals surface area contributed by atoms with Gasteiger partial charge in [-0.1, -0.05) is 7.43 Å². The molecule has 1 aliphatic rings. The van der Waals surface area contributed by atoms with Gasteiger partial charge < -0.3 is 9.64 Å². The Morgan fingerprint density at radius 3 is 2.38 bits per heavy atom. The van der Waals surface area contributed by atoms with Crippen LogP contribution in [0, 0.1) is 10.1 Å². The number of nitro groups is 1. The van der Waals surface area contributed by atoms with E-state index in [1.165, 1.54) is 57.5 Å². The second kappa shape index (κ2) is 9.34. The lowest BCUT2D eigenvalue weighted by atomic mass is 10.2. The average molecular weight is 294 g/mol. The Morgan fingerprint density at radius 1 is 1.10 bits per heavy atom. The van der Waals surface area contributed by atoms with Crippen molar-refractivity contribution >= 4 is 5.69 Å². The van der Waals surface area contributed by atoms with Gasteiger partial charge in [0.1, 0.15) is 5.75 Å². The number of non-ortho nitro benzene ring substituents is 1. The van der Waals surface area contributed by atoms with Crippen molar-refractivity contribution in [3.63, 3.8) is 0 Å². The lowest BCUT2D eigenvalue weighted by molar-refractivity contribution is -0.384. The van der Waals surface area contributed by atoms with Crippen molar-refractivity contribution in [1.29, 1.82) is 0 Å². The highest BCUT2D eigenvalue weighted by Crippen LogP contribution is 2.17. The first-order chi connectivity index (χ1) is 9.75. The minimum absolute atomic E-state index is 0. The molecule has 1 aromatic rings. The van der Waals surface area contributed by atoms with Crippen LogP contribution in [0.1, 0.15) is 39.5 Å². The van der Waals surface area contributed by atoms with Gasteiger partial charge in [0.25, 0.3) is 5.69 Å². The third kappa shape index (κ3) is 6.12. The molecule has 1 aliphatic heterocycles. The Labute approximate surface area is 127 Å². The number of ether oxygens (including phenoxy) is 1. The number of benzene rings is 1. The van der Waals surface area contributed by atoms with Gasteiger partial charge in [-0.15, -0.1) is 0 Å². The molecule has 0 amide bonds. The molecule has 1 saturated heterocycles. The number of nitro benzene ring substituents is 1. The molecule has 0 spiro atoms. The first-order valence-corrected chi connectivity index (χ1v) is 7.35. The van der Waals surface area contributed by atoms with Gasteiger partial charge in [-0.25, -0.2) is 0 Å². The second-order valence-corrected chi connectivity index (χ2v) is 5.21. The normalized spacial score (nSPS) is 14.7. The number of rotatable bonds is 8. The number of unbranched alkanes of at least 4 members (excludes halogenated alkanes) is 2. The highest BCUT2D eigenvalue weighted by atomic mass is 16.6. The summed E-state index contributed by atoms with van der Waals surface area (Å²) in [5, 5.41) is 10.5. The Hall–Kier alpha value is -1.62. The van der Waals surface area contributed by atoms with Crippen LogP contribution in [0.5, 0.6) is 5.75 Å². The topological polar surface area (TPSA) is 55.6 Å². The molecule has 1 fully saturated rings. The maximum atomic E-state index is 10.5. The van der Waals surface area contributed by atoms with Crippen molar-refractivity contribution in [1.82, 2.24) is 4.90 Å². The van der Waals surface area contributed by atoms with Gasteiger partial charge in [-0.3, -0.25) is 10.1 Å². The molecule has 1 aromatic carbocycles. The first-order valence-electron chi connectivity index (χ1n) is 7.35. The van der Waals surface area contributed by atoms with Crippen LogP contribution >= 0.6 is 0 Å². The Morgan fingerprint density at radius 2 is 1.76 bits per heavy atom. The van der Waals surface area contributed by atoms with Crippen LogP contribution in [-0.2, 0) is 0 Å². The van der Waals surface area contributed by atoms with E-state index in [1.807, 2.05) is 0 Å². The van der Waals surface area contributed by atoms with E-state index in [9.17, 15) is 10.1 Å². The molecule has 118 valence electrons. The quantitative estimate of drug-likeness (QED) is 0.415. The highest BCUT2D eigenvalue weighted by Gasteiger charge is 2.10. The standard InChI is InChI=1S/C15H22N2O3.CH4/c18-17(19)14-6-8-15(9-7-14)20-13-5-1-2-10-16-11-3-4-12-16;/h6-9H,1-5,10-13H2;1H4. The largest absolute Gasteiger partial charge is 0.494 e. The first kappa shape index (κ1) is 17.4. The van der Waals surface area contributed by atoms with E-state index in [0.29, 0.717) is 12.4 Å². The fraction of sp³-hybridized carbons (Fsp3) is 0.625. The summed E-state index contributed by atoms with van der Waals surface area (Å²) in [6, 6.07) is 6.26. The van der Waals surface area contributed by atoms with E-state index in [4.69, 9.17) is 4.74 Å². The smallest absolute Gasteiger partial charge is 0.269 e. The van der Waals surface area contributed by atoms with Crippen LogP contribution in [0.3, 0.4) is 0 Å². The molecule has 2 rings (SSSR count). The van der Waals surface area contributed by atoms with Crippen LogP contribution < -0.4 is 4.74 Å². The summed E-state index contributed by atoms with van der Waals surface area (Å²) in [6.45, 7) is 4.41. The lowest BCUT2D eigenvalue weighted by Gasteiger charge is -2.13. The van der Waals surface area contributed by atoms with Crippen LogP contribution in [0.25, 0.3) is 0 Å². The second-order valence-electron chi connectivity index (χ2n) is 5.21. The summed E-state index contributed by atoms with van der Waals surface area (Å²) in [5.74, 6) is 0.704. The zero-order valence-corrected chi connectivity index (χ0v) is 11.8. The molecule has 0 saturated carbocycles. The number of nitrogens with zero attached hydrogens (tertiary/aromatic N) is 2. The van der Waals surface area contributed by atoms with E-state index >= 15 is 0 Å². The zero-order valence-electron chi connectivity index (χ0n) is 11.8. The lowest BCUT2D eigenvalue weighted by Crippen LogP contribution is -2.20. The summed E-state index contributed by atoms with van der Waals surface area (Å²) in [5.41, 5.74) is 0.1000. The van der Waals surface area contributed by atoms with Crippen molar-refractivity contribution in [2.75, 3.05) is 26.2 Å². The van der Waals surface area contributed by atoms with Crippen molar-refractivity contribution in [3.8, 4) is 5.75 Å². The van der Waals surface area contributed by atoms with E-state index in [0.717, 1.165) is 6.42 Å². The fourth-order valence-corrected chi connectivity index (χ4v) is 2.47. The predicted molar refractivity (Wildman–Crippen MR) is 84.8 cm³/mol. The van der Waals surface area contributed by atoms with Gasteiger partial charge in [-0.2, -0.15) is 0 Å². The third-order valence-electron chi connectivity index (χ3n) is 3.63. The molecule has 5 nitrogen and oxygen atoms in total. The molecule has 0 aromatic heterocycles. The summed E-state index contributed by atoms with van der Waals surface area (Å²) < 4.78 is 5.58. The van der Waals surface area contributed by atoms with Crippen molar-refractivity contribution in [2.45, 2.75) is 39.5 Å². The van der Waals surface area contributed by atoms with Gasteiger partial charge in [0.2, 0.25) is 0 Å². The number of likely N-dealkylation sites (tertiary alicyclic amines) is 1. The summed E-state index contributed by atoms with van der Waals surface area (Å²) in [4.78, 5) is 12.6. The van der Waals surface area contributed by atoms with Gasteiger partial charge in [0, 0.05) is 12.1 Å². The van der Waals surface area contributed by atoms with Crippen LogP contribution in [0.4, 0.5) is 5.69 Å². The highest BCUT2D eigenvalue weighted by molar-refractivity contribution is 5.35. The maximum Gasteiger partial charge on any atom is 0.269 e. The van der Waals surface area contributed by atoms with Crippen molar-refractivity contribution in [3.05, 3.63) is 34.4 Å². The molecule has 0 aliphatic carbocycles. The van der Waals surface area contributed by atoms with Gasteiger partial charge in [0.15, 0.2) is 0 Å². The predicted octanol–water partition coefficient (Wildman–Crippen LogP) is 3.88. The Balaban J connectivity index is 0.00000220. The molecule has 1 heterocycles. The average Bonchev–Trinajstić information content (AvgIpc) is 2.96. The van der Waals surface area contributed by atoms with Crippen LogP contribution in [-0.4, -0.2) is 36.1 Å². The Kier molecular flexibility index (Phi) is 7.75. The molecule has 0 bridgehead atoms. The van der Waals surface area contributed by atoms with Crippen molar-refractivity contribution in [2.24, 2.45) is 0 Å². The van der Waals surface area contributed by atoms with Crippen LogP contribution in [0.2, 0.25) is 0 Å². The number of hydrogen-bond acceptors (Lipinski definition) is 4. The summed E-state index contributed by atoms with van der Waals surface area (Å²) in [6.07, 6.45) is 6.13. The molecule has 0 atom stereocenters. The van der Waals surface area contributed by atoms with Gasteiger partial charge in [-0.05, 0) is 63.9 Å². The van der Waals surface area contributed by atoms with Gasteiger partial charge in [0.05, 0.1) is 11.5 Å². The van der Waals surface area contributed by atoms with E-state index in [1.54, 1.807) is 12.1 Å². The Bertz CT molecular complexity index is 414. The van der Waals surface area contributed by atoms with E-state index in [-0.39, 0.29) is 13.1 Å². The minimum Gasteiger partial charge on any atom is -0.494 e. The fourth-order valence-electron chi connectivity index (χ4n) is 2.47. The SMILES string of the molecule is C.O=[N+]([O-])c1ccc(OCCCCCN2CCCC2)cc1. The monoisotopic (exact) mass is 294 g/mol. The molecule has 21 heavy (non-hydrogen) atoms. The van der Waals surface area contributed by atoms with E-state index in [2.05, 4.69) is 4.90 Å². The van der Waals surface area contributed by atoms with Gasteiger partial charge >= 0.3 is 0 Å². The molecule has 5 heteroatoms. The maximum absolute atomic E-state index is 10.5. The third-order valence-corrected chi connectivity index (χ3v) is 3.63. The molecular formula is C16H26N2O3.